The molecule has 118 valence electrons. The molecule has 6 heteroatoms. The molecule has 1 atom stereocenters. The molecule has 5 nitrogen and oxygen atoms in total. The standard InChI is InChI=1S/C16H21FN4O/c1-13(18-10-12-21-11-2-8-20-21)16(22)19-9-7-14-3-5-15(17)6-4-14/h2-6,8,11,13,18H,7,9-10,12H2,1H3,(H,19,22). The van der Waals surface area contributed by atoms with Crippen molar-refractivity contribution in [1.82, 2.24) is 20.4 Å². The number of benzene rings is 1. The Morgan fingerprint density at radius 3 is 2.77 bits per heavy atom. The lowest BCUT2D eigenvalue weighted by Crippen LogP contribution is -2.43. The van der Waals surface area contributed by atoms with Gasteiger partial charge in [0.25, 0.3) is 0 Å². The second kappa shape index (κ2) is 8.29. The van der Waals surface area contributed by atoms with E-state index in [1.54, 1.807) is 18.3 Å². The molecule has 1 heterocycles. The zero-order valence-corrected chi connectivity index (χ0v) is 12.6. The Balaban J connectivity index is 1.62. The van der Waals surface area contributed by atoms with Crippen LogP contribution in [0, 0.1) is 5.82 Å². The fourth-order valence-corrected chi connectivity index (χ4v) is 2.06. The van der Waals surface area contributed by atoms with Crippen molar-refractivity contribution in [1.29, 1.82) is 0 Å². The molecule has 2 N–H and O–H groups in total. The van der Waals surface area contributed by atoms with Gasteiger partial charge < -0.3 is 10.6 Å². The van der Waals surface area contributed by atoms with E-state index in [2.05, 4.69) is 15.7 Å². The van der Waals surface area contributed by atoms with Gasteiger partial charge in [-0.1, -0.05) is 12.1 Å². The molecule has 0 saturated heterocycles. The van der Waals surface area contributed by atoms with Crippen LogP contribution < -0.4 is 10.6 Å². The predicted octanol–water partition coefficient (Wildman–Crippen LogP) is 1.36. The van der Waals surface area contributed by atoms with Crippen LogP contribution in [0.15, 0.2) is 42.7 Å². The number of carbonyl (C=O) groups is 1. The van der Waals surface area contributed by atoms with Crippen LogP contribution in [-0.2, 0) is 17.8 Å². The largest absolute Gasteiger partial charge is 0.354 e. The van der Waals surface area contributed by atoms with E-state index in [0.717, 1.165) is 12.1 Å². The summed E-state index contributed by atoms with van der Waals surface area (Å²) < 4.78 is 14.6. The molecule has 0 bridgehead atoms. The summed E-state index contributed by atoms with van der Waals surface area (Å²) in [6.45, 7) is 3.76. The maximum atomic E-state index is 12.8. The van der Waals surface area contributed by atoms with Crippen LogP contribution in [0.5, 0.6) is 0 Å². The average molecular weight is 304 g/mol. The molecular weight excluding hydrogens is 283 g/mol. The van der Waals surface area contributed by atoms with Crippen molar-refractivity contribution in [3.63, 3.8) is 0 Å². The Labute approximate surface area is 129 Å². The third kappa shape index (κ3) is 5.29. The zero-order valence-electron chi connectivity index (χ0n) is 12.6. The molecule has 1 aromatic heterocycles. The van der Waals surface area contributed by atoms with Gasteiger partial charge in [-0.15, -0.1) is 0 Å². The number of carbonyl (C=O) groups excluding carboxylic acids is 1. The second-order valence-electron chi connectivity index (χ2n) is 5.11. The normalized spacial score (nSPS) is 12.1. The number of hydrogen-bond donors (Lipinski definition) is 2. The number of hydrogen-bond acceptors (Lipinski definition) is 3. The van der Waals surface area contributed by atoms with Crippen LogP contribution in [-0.4, -0.2) is 34.8 Å². The van der Waals surface area contributed by atoms with Gasteiger partial charge in [0.05, 0.1) is 12.6 Å². The molecule has 1 aromatic carbocycles. The summed E-state index contributed by atoms with van der Waals surface area (Å²) in [6.07, 6.45) is 4.30. The van der Waals surface area contributed by atoms with Crippen molar-refractivity contribution in [3.8, 4) is 0 Å². The maximum Gasteiger partial charge on any atom is 0.236 e. The Hall–Kier alpha value is -2.21. The van der Waals surface area contributed by atoms with Crippen LogP contribution in [0.25, 0.3) is 0 Å². The molecule has 22 heavy (non-hydrogen) atoms. The van der Waals surface area contributed by atoms with Crippen molar-refractivity contribution >= 4 is 5.91 Å². The van der Waals surface area contributed by atoms with Crippen molar-refractivity contribution in [2.45, 2.75) is 25.9 Å². The van der Waals surface area contributed by atoms with Gasteiger partial charge in [0, 0.05) is 25.5 Å². The van der Waals surface area contributed by atoms with Crippen molar-refractivity contribution in [2.75, 3.05) is 13.1 Å². The van der Waals surface area contributed by atoms with Gasteiger partial charge in [-0.2, -0.15) is 5.10 Å². The lowest BCUT2D eigenvalue weighted by molar-refractivity contribution is -0.122. The molecule has 2 aromatic rings. The summed E-state index contributed by atoms with van der Waals surface area (Å²) in [5, 5.41) is 10.1. The highest BCUT2D eigenvalue weighted by molar-refractivity contribution is 5.81. The predicted molar refractivity (Wildman–Crippen MR) is 82.8 cm³/mol. The minimum Gasteiger partial charge on any atom is -0.354 e. The van der Waals surface area contributed by atoms with Crippen molar-refractivity contribution in [3.05, 3.63) is 54.1 Å². The molecular formula is C16H21FN4O. The van der Waals surface area contributed by atoms with E-state index in [9.17, 15) is 9.18 Å². The van der Waals surface area contributed by atoms with Crippen LogP contribution in [0.1, 0.15) is 12.5 Å². The summed E-state index contributed by atoms with van der Waals surface area (Å²) in [7, 11) is 0. The molecule has 0 aliphatic heterocycles. The first-order chi connectivity index (χ1) is 10.6. The number of amides is 1. The lowest BCUT2D eigenvalue weighted by Gasteiger charge is -2.14. The minimum absolute atomic E-state index is 0.0393. The van der Waals surface area contributed by atoms with E-state index >= 15 is 0 Å². The Morgan fingerprint density at radius 2 is 2.09 bits per heavy atom. The highest BCUT2D eigenvalue weighted by atomic mass is 19.1. The summed E-state index contributed by atoms with van der Waals surface area (Å²) in [6, 6.07) is 7.92. The molecule has 0 fully saturated rings. The van der Waals surface area contributed by atoms with Gasteiger partial charge in [0.1, 0.15) is 5.82 Å². The van der Waals surface area contributed by atoms with Crippen LogP contribution >= 0.6 is 0 Å². The summed E-state index contributed by atoms with van der Waals surface area (Å²) in [4.78, 5) is 11.9. The fraction of sp³-hybridized carbons (Fsp3) is 0.375. The molecule has 1 unspecified atom stereocenters. The Morgan fingerprint density at radius 1 is 1.32 bits per heavy atom. The number of nitrogens with one attached hydrogen (secondary N) is 2. The monoisotopic (exact) mass is 304 g/mol. The SMILES string of the molecule is CC(NCCn1cccn1)C(=O)NCCc1ccc(F)cc1. The van der Waals surface area contributed by atoms with Crippen molar-refractivity contribution in [2.24, 2.45) is 0 Å². The lowest BCUT2D eigenvalue weighted by atomic mass is 10.1. The number of halogens is 1. The number of aromatic nitrogens is 2. The third-order valence-corrected chi connectivity index (χ3v) is 3.37. The first kappa shape index (κ1) is 16.2. The number of nitrogens with zero attached hydrogens (tertiary/aromatic N) is 2. The van der Waals surface area contributed by atoms with E-state index in [-0.39, 0.29) is 17.8 Å². The molecule has 0 spiro atoms. The smallest absolute Gasteiger partial charge is 0.236 e. The van der Waals surface area contributed by atoms with Crippen LogP contribution in [0.2, 0.25) is 0 Å². The first-order valence-electron chi connectivity index (χ1n) is 7.38. The summed E-state index contributed by atoms with van der Waals surface area (Å²) in [5.74, 6) is -0.287. The molecule has 0 radical (unpaired) electrons. The highest BCUT2D eigenvalue weighted by Crippen LogP contribution is 2.02. The molecule has 2 rings (SSSR count). The average Bonchev–Trinajstić information content (AvgIpc) is 3.02. The molecule has 0 aliphatic rings. The van der Waals surface area contributed by atoms with Gasteiger partial charge in [0.2, 0.25) is 5.91 Å². The van der Waals surface area contributed by atoms with Crippen LogP contribution in [0.3, 0.4) is 0 Å². The first-order valence-corrected chi connectivity index (χ1v) is 7.38. The van der Waals surface area contributed by atoms with E-state index in [1.165, 1.54) is 12.1 Å². The van der Waals surface area contributed by atoms with Crippen LogP contribution in [0.4, 0.5) is 4.39 Å². The van der Waals surface area contributed by atoms with E-state index in [4.69, 9.17) is 0 Å². The zero-order chi connectivity index (χ0) is 15.8. The Bertz CT molecular complexity index is 568. The van der Waals surface area contributed by atoms with Gasteiger partial charge in [-0.05, 0) is 37.1 Å². The minimum atomic E-state index is -0.260. The third-order valence-electron chi connectivity index (χ3n) is 3.37. The van der Waals surface area contributed by atoms with Gasteiger partial charge in [-0.3, -0.25) is 9.48 Å². The second-order valence-corrected chi connectivity index (χ2v) is 5.11. The summed E-state index contributed by atoms with van der Waals surface area (Å²) >= 11 is 0. The molecule has 0 saturated carbocycles. The maximum absolute atomic E-state index is 12.8. The van der Waals surface area contributed by atoms with Gasteiger partial charge >= 0.3 is 0 Å². The molecule has 1 amide bonds. The van der Waals surface area contributed by atoms with Gasteiger partial charge in [-0.25, -0.2) is 4.39 Å². The molecule has 0 aliphatic carbocycles. The number of rotatable bonds is 8. The van der Waals surface area contributed by atoms with E-state index < -0.39 is 0 Å². The summed E-state index contributed by atoms with van der Waals surface area (Å²) in [5.41, 5.74) is 1.00. The quantitative estimate of drug-likeness (QED) is 0.774. The Kier molecular flexibility index (Phi) is 6.09. The fourth-order valence-electron chi connectivity index (χ4n) is 2.06. The highest BCUT2D eigenvalue weighted by Gasteiger charge is 2.10. The topological polar surface area (TPSA) is 59.0 Å². The van der Waals surface area contributed by atoms with Gasteiger partial charge in [0.15, 0.2) is 0 Å². The van der Waals surface area contributed by atoms with E-state index in [0.29, 0.717) is 19.5 Å². The van der Waals surface area contributed by atoms with E-state index in [1.807, 2.05) is 23.9 Å². The van der Waals surface area contributed by atoms with Crippen molar-refractivity contribution < 1.29 is 9.18 Å².